The first-order valence-corrected chi connectivity index (χ1v) is 6.02. The van der Waals surface area contributed by atoms with Gasteiger partial charge in [0.25, 0.3) is 0 Å². The van der Waals surface area contributed by atoms with Crippen LogP contribution in [0, 0.1) is 0 Å². The minimum Gasteiger partial charge on any atom is -0.480 e. The number of carboxylic acids is 1. The van der Waals surface area contributed by atoms with Gasteiger partial charge in [-0.15, -0.1) is 0 Å². The van der Waals surface area contributed by atoms with Gasteiger partial charge >= 0.3 is 18.0 Å². The molecule has 0 fully saturated rings. The van der Waals surface area contributed by atoms with Crippen molar-refractivity contribution in [1.29, 1.82) is 0 Å². The maximum absolute atomic E-state index is 11.5. The van der Waals surface area contributed by atoms with E-state index in [0.29, 0.717) is 5.56 Å². The van der Waals surface area contributed by atoms with Gasteiger partial charge < -0.3 is 25.6 Å². The molecule has 1 aromatic rings. The molecular weight excluding hydrogens is 280 g/mol. The van der Waals surface area contributed by atoms with Crippen LogP contribution < -0.4 is 15.8 Å². The first-order valence-electron chi connectivity index (χ1n) is 6.02. The molecule has 0 saturated heterocycles. The second kappa shape index (κ2) is 7.85. The summed E-state index contributed by atoms with van der Waals surface area (Å²) in [4.78, 5) is 33.1. The first kappa shape index (κ1) is 16.4. The zero-order valence-electron chi connectivity index (χ0n) is 11.4. The molecule has 4 N–H and O–H groups in total. The lowest BCUT2D eigenvalue weighted by Gasteiger charge is -2.09. The summed E-state index contributed by atoms with van der Waals surface area (Å²) in [7, 11) is 1.28. The molecule has 0 aliphatic rings. The van der Waals surface area contributed by atoms with Gasteiger partial charge in [0.1, 0.15) is 11.8 Å². The van der Waals surface area contributed by atoms with E-state index >= 15 is 0 Å². The number of carbonyl (C=O) groups excluding carboxylic acids is 2. The summed E-state index contributed by atoms with van der Waals surface area (Å²) >= 11 is 0. The second-order valence-corrected chi connectivity index (χ2v) is 4.12. The summed E-state index contributed by atoms with van der Waals surface area (Å²) in [5, 5.41) is 10.8. The van der Waals surface area contributed by atoms with Gasteiger partial charge in [-0.2, -0.15) is 0 Å². The number of carboxylic acid groups (broad SMARTS) is 1. The molecule has 0 heterocycles. The van der Waals surface area contributed by atoms with E-state index in [4.69, 9.17) is 15.6 Å². The number of aliphatic carboxylic acids is 1. The highest BCUT2D eigenvalue weighted by atomic mass is 16.6. The third kappa shape index (κ3) is 5.91. The molecule has 0 unspecified atom stereocenters. The number of methoxy groups -OCH3 is 1. The fourth-order valence-corrected chi connectivity index (χ4v) is 1.38. The highest BCUT2D eigenvalue weighted by Crippen LogP contribution is 2.14. The van der Waals surface area contributed by atoms with Crippen LogP contribution in [-0.2, 0) is 20.7 Å². The SMILES string of the molecule is COC(=O)Cc1cccc(OC(=O)NC[C@H](N)C(=O)O)c1. The molecule has 1 amide bonds. The highest BCUT2D eigenvalue weighted by molar-refractivity contribution is 5.76. The van der Waals surface area contributed by atoms with E-state index in [0.717, 1.165) is 0 Å². The van der Waals surface area contributed by atoms with E-state index in [1.807, 2.05) is 0 Å². The zero-order chi connectivity index (χ0) is 15.8. The molecule has 0 aromatic heterocycles. The number of amides is 1. The van der Waals surface area contributed by atoms with E-state index in [2.05, 4.69) is 10.1 Å². The monoisotopic (exact) mass is 296 g/mol. The van der Waals surface area contributed by atoms with Crippen LogP contribution in [0.15, 0.2) is 24.3 Å². The molecule has 0 spiro atoms. The van der Waals surface area contributed by atoms with Crippen LogP contribution in [0.4, 0.5) is 4.79 Å². The van der Waals surface area contributed by atoms with Crippen molar-refractivity contribution in [3.05, 3.63) is 29.8 Å². The van der Waals surface area contributed by atoms with Crippen LogP contribution in [0.5, 0.6) is 5.75 Å². The van der Waals surface area contributed by atoms with Gasteiger partial charge in [0.2, 0.25) is 0 Å². The van der Waals surface area contributed by atoms with Gasteiger partial charge in [0.15, 0.2) is 0 Å². The van der Waals surface area contributed by atoms with Crippen LogP contribution >= 0.6 is 0 Å². The molecule has 8 nitrogen and oxygen atoms in total. The van der Waals surface area contributed by atoms with Crippen LogP contribution in [0.2, 0.25) is 0 Å². The van der Waals surface area contributed by atoms with Crippen molar-refractivity contribution in [2.75, 3.05) is 13.7 Å². The van der Waals surface area contributed by atoms with Gasteiger partial charge in [-0.1, -0.05) is 12.1 Å². The van der Waals surface area contributed by atoms with Gasteiger partial charge in [-0.25, -0.2) is 4.79 Å². The summed E-state index contributed by atoms with van der Waals surface area (Å²) < 4.78 is 9.48. The smallest absolute Gasteiger partial charge is 0.412 e. The molecule has 0 aliphatic heterocycles. The Morgan fingerprint density at radius 1 is 1.38 bits per heavy atom. The molecular formula is C13H16N2O6. The summed E-state index contributed by atoms with van der Waals surface area (Å²) in [5.41, 5.74) is 5.85. The Balaban J connectivity index is 2.54. The molecule has 0 aliphatic carbocycles. The lowest BCUT2D eigenvalue weighted by Crippen LogP contribution is -2.43. The average Bonchev–Trinajstić information content (AvgIpc) is 2.44. The average molecular weight is 296 g/mol. The van der Waals surface area contributed by atoms with Crippen molar-refractivity contribution in [2.24, 2.45) is 5.73 Å². The molecule has 8 heteroatoms. The number of esters is 1. The van der Waals surface area contributed by atoms with Gasteiger partial charge in [-0.3, -0.25) is 9.59 Å². The maximum Gasteiger partial charge on any atom is 0.412 e. The molecule has 1 rings (SSSR count). The second-order valence-electron chi connectivity index (χ2n) is 4.12. The lowest BCUT2D eigenvalue weighted by atomic mass is 10.1. The van der Waals surface area contributed by atoms with E-state index < -0.39 is 24.1 Å². The van der Waals surface area contributed by atoms with Crippen LogP contribution in [0.3, 0.4) is 0 Å². The fourth-order valence-electron chi connectivity index (χ4n) is 1.38. The predicted octanol–water partition coefficient (Wildman–Crippen LogP) is -0.0976. The molecule has 1 atom stereocenters. The topological polar surface area (TPSA) is 128 Å². The summed E-state index contributed by atoms with van der Waals surface area (Å²) in [5.74, 6) is -1.42. The molecule has 0 bridgehead atoms. The normalized spacial score (nSPS) is 11.3. The predicted molar refractivity (Wildman–Crippen MR) is 71.8 cm³/mol. The van der Waals surface area contributed by atoms with E-state index in [-0.39, 0.29) is 18.7 Å². The van der Waals surface area contributed by atoms with Gasteiger partial charge in [0, 0.05) is 6.54 Å². The van der Waals surface area contributed by atoms with Crippen molar-refractivity contribution < 1.29 is 29.0 Å². The lowest BCUT2D eigenvalue weighted by molar-refractivity contribution is -0.140. The third-order valence-electron chi connectivity index (χ3n) is 2.47. The number of nitrogens with one attached hydrogen (secondary N) is 1. The first-order chi connectivity index (χ1) is 9.92. The van der Waals surface area contributed by atoms with E-state index in [9.17, 15) is 14.4 Å². The minimum absolute atomic E-state index is 0.0548. The Kier molecular flexibility index (Phi) is 6.15. The standard InChI is InChI=1S/C13H16N2O6/c1-20-11(16)6-8-3-2-4-9(5-8)21-13(19)15-7-10(14)12(17)18/h2-5,10H,6-7,14H2,1H3,(H,15,19)(H,17,18)/t10-/m0/s1. The highest BCUT2D eigenvalue weighted by Gasteiger charge is 2.13. The van der Waals surface area contributed by atoms with Crippen LogP contribution in [-0.4, -0.2) is 42.8 Å². The molecule has 21 heavy (non-hydrogen) atoms. The number of ether oxygens (including phenoxy) is 2. The number of nitrogens with two attached hydrogens (primary N) is 1. The van der Waals surface area contributed by atoms with Crippen LogP contribution in [0.1, 0.15) is 5.56 Å². The van der Waals surface area contributed by atoms with E-state index in [1.54, 1.807) is 12.1 Å². The number of hydrogen-bond acceptors (Lipinski definition) is 6. The maximum atomic E-state index is 11.5. The van der Waals surface area contributed by atoms with Crippen molar-refractivity contribution in [3.8, 4) is 5.75 Å². The number of benzene rings is 1. The van der Waals surface area contributed by atoms with Crippen LogP contribution in [0.25, 0.3) is 0 Å². The third-order valence-corrected chi connectivity index (χ3v) is 2.47. The minimum atomic E-state index is -1.23. The summed E-state index contributed by atoms with van der Waals surface area (Å²) in [6.45, 7) is -0.254. The Morgan fingerprint density at radius 3 is 2.71 bits per heavy atom. The molecule has 0 saturated carbocycles. The fraction of sp³-hybridized carbons (Fsp3) is 0.308. The van der Waals surface area contributed by atoms with Crippen molar-refractivity contribution in [1.82, 2.24) is 5.32 Å². The van der Waals surface area contributed by atoms with E-state index in [1.165, 1.54) is 19.2 Å². The van der Waals surface area contributed by atoms with Crippen molar-refractivity contribution >= 4 is 18.0 Å². The number of carbonyl (C=O) groups is 3. The van der Waals surface area contributed by atoms with Gasteiger partial charge in [0.05, 0.1) is 13.5 Å². The molecule has 114 valence electrons. The molecule has 1 aromatic carbocycles. The van der Waals surface area contributed by atoms with Gasteiger partial charge in [-0.05, 0) is 17.7 Å². The Morgan fingerprint density at radius 2 is 2.10 bits per heavy atom. The number of rotatable bonds is 6. The zero-order valence-corrected chi connectivity index (χ0v) is 11.4. The Labute approximate surface area is 120 Å². The summed E-state index contributed by atoms with van der Waals surface area (Å²) in [6.07, 6.45) is -0.777. The summed E-state index contributed by atoms with van der Waals surface area (Å²) in [6, 6.07) is 5.13. The Bertz CT molecular complexity index is 531. The van der Waals surface area contributed by atoms with Crippen molar-refractivity contribution in [3.63, 3.8) is 0 Å². The number of hydrogen-bond donors (Lipinski definition) is 3. The Hall–Kier alpha value is -2.61. The molecule has 0 radical (unpaired) electrons. The quantitative estimate of drug-likeness (QED) is 0.625. The van der Waals surface area contributed by atoms with Crippen molar-refractivity contribution in [2.45, 2.75) is 12.5 Å². The largest absolute Gasteiger partial charge is 0.480 e.